The molecule has 2 aromatic rings. The van der Waals surface area contributed by atoms with Gasteiger partial charge in [-0.1, -0.05) is 18.2 Å². The Bertz CT molecular complexity index is 912. The molecule has 1 heterocycles. The lowest BCUT2D eigenvalue weighted by Crippen LogP contribution is -2.28. The van der Waals surface area contributed by atoms with Crippen LogP contribution in [0.2, 0.25) is 0 Å². The third-order valence-corrected chi connectivity index (χ3v) is 4.42. The first-order valence-corrected chi connectivity index (χ1v) is 8.12. The van der Waals surface area contributed by atoms with Crippen molar-refractivity contribution in [3.05, 3.63) is 42.1 Å². The van der Waals surface area contributed by atoms with Crippen LogP contribution in [-0.4, -0.2) is 36.1 Å². The minimum atomic E-state index is -4.15. The summed E-state index contributed by atoms with van der Waals surface area (Å²) in [5.74, 6) is -2.84. The number of carbonyl (C=O) groups is 2. The van der Waals surface area contributed by atoms with Gasteiger partial charge in [-0.3, -0.25) is 10.1 Å². The molecule has 0 unspecified atom stereocenters. The van der Waals surface area contributed by atoms with Crippen LogP contribution in [-0.2, 0) is 24.3 Å². The summed E-state index contributed by atoms with van der Waals surface area (Å²) in [6.45, 7) is 1.48. The van der Waals surface area contributed by atoms with Crippen molar-refractivity contribution in [3.8, 4) is 6.07 Å². The molecule has 9 nitrogen and oxygen atoms in total. The molecule has 10 heteroatoms. The maximum absolute atomic E-state index is 12.6. The van der Waals surface area contributed by atoms with Gasteiger partial charge in [0, 0.05) is 0 Å². The minimum Gasteiger partial charge on any atom is -0.459 e. The summed E-state index contributed by atoms with van der Waals surface area (Å²) in [6.07, 6.45) is 0.973. The molecular formula is C14H12N4O5S. The molecule has 0 saturated heterocycles. The van der Waals surface area contributed by atoms with Crippen LogP contribution in [0.1, 0.15) is 12.5 Å². The highest BCUT2D eigenvalue weighted by Gasteiger charge is 2.27. The van der Waals surface area contributed by atoms with Gasteiger partial charge in [-0.25, -0.2) is 4.79 Å². The van der Waals surface area contributed by atoms with Crippen molar-refractivity contribution in [2.45, 2.75) is 11.8 Å². The van der Waals surface area contributed by atoms with Gasteiger partial charge < -0.3 is 4.74 Å². The zero-order valence-electron chi connectivity index (χ0n) is 12.5. The van der Waals surface area contributed by atoms with E-state index in [2.05, 4.69) is 15.2 Å². The summed E-state index contributed by atoms with van der Waals surface area (Å²) < 4.78 is 30.2. The van der Waals surface area contributed by atoms with Gasteiger partial charge in [0.25, 0.3) is 10.0 Å². The molecule has 0 fully saturated rings. The largest absolute Gasteiger partial charge is 0.459 e. The van der Waals surface area contributed by atoms with Gasteiger partial charge in [0.05, 0.1) is 17.7 Å². The lowest BCUT2D eigenvalue weighted by Gasteiger charge is -2.09. The summed E-state index contributed by atoms with van der Waals surface area (Å²) >= 11 is 0. The van der Waals surface area contributed by atoms with Crippen LogP contribution < -0.4 is 5.32 Å². The molecule has 1 N–H and O–H groups in total. The minimum absolute atomic E-state index is 0.0288. The fourth-order valence-electron chi connectivity index (χ4n) is 1.76. The quantitative estimate of drug-likeness (QED) is 0.628. The Morgan fingerprint density at radius 1 is 1.33 bits per heavy atom. The van der Waals surface area contributed by atoms with E-state index < -0.39 is 27.7 Å². The topological polar surface area (TPSA) is 131 Å². The number of amides is 1. The third kappa shape index (κ3) is 3.26. The van der Waals surface area contributed by atoms with Gasteiger partial charge >= 0.3 is 11.9 Å². The van der Waals surface area contributed by atoms with E-state index >= 15 is 0 Å². The maximum Gasteiger partial charge on any atom is 0.397 e. The number of nitriles is 1. The molecule has 0 radical (unpaired) electrons. The molecule has 24 heavy (non-hydrogen) atoms. The number of aromatic nitrogens is 2. The predicted octanol–water partition coefficient (Wildman–Crippen LogP) is 0.493. The summed E-state index contributed by atoms with van der Waals surface area (Å²) in [7, 11) is -4.15. The van der Waals surface area contributed by atoms with Gasteiger partial charge in [-0.2, -0.15) is 18.8 Å². The number of nitrogens with one attached hydrogen (secondary N) is 1. The Labute approximate surface area is 137 Å². The number of ether oxygens (including phenoxy) is 1. The summed E-state index contributed by atoms with van der Waals surface area (Å²) in [6, 6.07) is 9.02. The molecule has 0 saturated carbocycles. The van der Waals surface area contributed by atoms with E-state index in [4.69, 9.17) is 5.26 Å². The SMILES string of the molecule is CCOC(=O)C(=O)Nc1c(C#N)cnn1S(=O)(=O)c1ccccc1. The molecule has 124 valence electrons. The Morgan fingerprint density at radius 3 is 2.58 bits per heavy atom. The molecule has 0 bridgehead atoms. The highest BCUT2D eigenvalue weighted by Crippen LogP contribution is 2.21. The first-order chi connectivity index (χ1) is 11.4. The summed E-state index contributed by atoms with van der Waals surface area (Å²) in [5, 5.41) is 14.7. The van der Waals surface area contributed by atoms with Crippen molar-refractivity contribution in [1.29, 1.82) is 5.26 Å². The van der Waals surface area contributed by atoms with E-state index in [0.717, 1.165) is 6.20 Å². The second-order valence-electron chi connectivity index (χ2n) is 4.35. The highest BCUT2D eigenvalue weighted by atomic mass is 32.2. The van der Waals surface area contributed by atoms with E-state index in [1.54, 1.807) is 12.1 Å². The first-order valence-electron chi connectivity index (χ1n) is 6.68. The van der Waals surface area contributed by atoms with E-state index in [0.29, 0.717) is 4.09 Å². The van der Waals surface area contributed by atoms with Crippen LogP contribution in [0.15, 0.2) is 41.4 Å². The zero-order chi connectivity index (χ0) is 17.7. The normalized spacial score (nSPS) is 10.7. The van der Waals surface area contributed by atoms with Gasteiger partial charge in [-0.05, 0) is 19.1 Å². The lowest BCUT2D eigenvalue weighted by molar-refractivity contribution is -0.152. The molecule has 1 aromatic carbocycles. The second kappa shape index (κ2) is 6.93. The van der Waals surface area contributed by atoms with Crippen LogP contribution in [0.4, 0.5) is 5.82 Å². The fourth-order valence-corrected chi connectivity index (χ4v) is 3.02. The average molecular weight is 348 g/mol. The fraction of sp³-hybridized carbons (Fsp3) is 0.143. The number of hydrogen-bond donors (Lipinski definition) is 1. The number of nitrogens with zero attached hydrogens (tertiary/aromatic N) is 3. The standard InChI is InChI=1S/C14H12N4O5S/c1-2-23-14(20)13(19)17-12-10(8-15)9-16-18(12)24(21,22)11-6-4-3-5-7-11/h3-7,9H,2H2,1H3,(H,17,19). The van der Waals surface area contributed by atoms with Crippen LogP contribution >= 0.6 is 0 Å². The van der Waals surface area contributed by atoms with Crippen LogP contribution in [0.3, 0.4) is 0 Å². The van der Waals surface area contributed by atoms with E-state index in [1.165, 1.54) is 31.2 Å². The maximum atomic E-state index is 12.6. The number of esters is 1. The van der Waals surface area contributed by atoms with E-state index in [-0.39, 0.29) is 17.1 Å². The van der Waals surface area contributed by atoms with Crippen molar-refractivity contribution < 1.29 is 22.7 Å². The molecule has 0 aliphatic heterocycles. The predicted molar refractivity (Wildman–Crippen MR) is 81.2 cm³/mol. The smallest absolute Gasteiger partial charge is 0.397 e. The van der Waals surface area contributed by atoms with Crippen LogP contribution in [0.5, 0.6) is 0 Å². The van der Waals surface area contributed by atoms with Crippen molar-refractivity contribution in [2.75, 3.05) is 11.9 Å². The van der Waals surface area contributed by atoms with Crippen LogP contribution in [0.25, 0.3) is 0 Å². The van der Waals surface area contributed by atoms with Crippen molar-refractivity contribution in [2.24, 2.45) is 0 Å². The molecule has 2 rings (SSSR count). The molecule has 0 aliphatic rings. The van der Waals surface area contributed by atoms with Gasteiger partial charge in [0.2, 0.25) is 0 Å². The summed E-state index contributed by atoms with van der Waals surface area (Å²) in [4.78, 5) is 23.1. The van der Waals surface area contributed by atoms with Crippen molar-refractivity contribution in [1.82, 2.24) is 9.19 Å². The number of benzene rings is 1. The third-order valence-electron chi connectivity index (χ3n) is 2.82. The molecule has 1 amide bonds. The van der Waals surface area contributed by atoms with Crippen molar-refractivity contribution >= 4 is 27.7 Å². The van der Waals surface area contributed by atoms with Crippen molar-refractivity contribution in [3.63, 3.8) is 0 Å². The van der Waals surface area contributed by atoms with Gasteiger partial charge in [0.1, 0.15) is 11.6 Å². The average Bonchev–Trinajstić information content (AvgIpc) is 2.99. The molecule has 0 atom stereocenters. The number of anilines is 1. The molecule has 0 spiro atoms. The van der Waals surface area contributed by atoms with E-state index in [1.807, 2.05) is 0 Å². The van der Waals surface area contributed by atoms with E-state index in [9.17, 15) is 18.0 Å². The molecule has 0 aliphatic carbocycles. The molecular weight excluding hydrogens is 336 g/mol. The molecule has 1 aromatic heterocycles. The van der Waals surface area contributed by atoms with Crippen LogP contribution in [0, 0.1) is 11.3 Å². The van der Waals surface area contributed by atoms with Gasteiger partial charge in [0.15, 0.2) is 5.82 Å². The lowest BCUT2D eigenvalue weighted by atomic mass is 10.3. The Hall–Kier alpha value is -3.19. The number of carbonyl (C=O) groups excluding carboxylic acids is 2. The Morgan fingerprint density at radius 2 is 2.00 bits per heavy atom. The second-order valence-corrected chi connectivity index (χ2v) is 6.12. The summed E-state index contributed by atoms with van der Waals surface area (Å²) in [5.41, 5.74) is -0.216. The van der Waals surface area contributed by atoms with Gasteiger partial charge in [-0.15, -0.1) is 4.09 Å². The zero-order valence-corrected chi connectivity index (χ0v) is 13.3. The number of hydrogen-bond acceptors (Lipinski definition) is 7. The monoisotopic (exact) mass is 348 g/mol. The Balaban J connectivity index is 2.47. The number of rotatable bonds is 4. The first kappa shape index (κ1) is 17.2. The highest BCUT2D eigenvalue weighted by molar-refractivity contribution is 7.90. The Kier molecular flexibility index (Phi) is 4.96.